The summed E-state index contributed by atoms with van der Waals surface area (Å²) in [6.07, 6.45) is 1.74. The number of aromatic nitrogens is 1. The van der Waals surface area contributed by atoms with E-state index >= 15 is 0 Å². The predicted molar refractivity (Wildman–Crippen MR) is 101 cm³/mol. The van der Waals surface area contributed by atoms with Crippen molar-refractivity contribution >= 4 is 52.4 Å². The van der Waals surface area contributed by atoms with Crippen LogP contribution in [0.3, 0.4) is 0 Å². The zero-order valence-corrected chi connectivity index (χ0v) is 15.7. The minimum absolute atomic E-state index is 0.125. The van der Waals surface area contributed by atoms with E-state index in [4.69, 9.17) is 23.2 Å². The maximum Gasteiger partial charge on any atom is 0.272 e. The number of hydrogen-bond donors (Lipinski definition) is 1. The van der Waals surface area contributed by atoms with Crippen molar-refractivity contribution in [3.05, 3.63) is 52.1 Å². The van der Waals surface area contributed by atoms with Gasteiger partial charge in [-0.05, 0) is 30.3 Å². The second-order valence-electron chi connectivity index (χ2n) is 6.38. The van der Waals surface area contributed by atoms with Crippen LogP contribution in [-0.2, 0) is 9.59 Å². The predicted octanol–water partition coefficient (Wildman–Crippen LogP) is 2.94. The average molecular weight is 405 g/mol. The number of halogens is 2. The SMILES string of the molecule is CN1C(=O)c2ccc(Cl)cc2N2C(=O)CCC12C(=O)Nc1cc(Cl)ccn1. The summed E-state index contributed by atoms with van der Waals surface area (Å²) in [5.74, 6) is -0.919. The van der Waals surface area contributed by atoms with Gasteiger partial charge in [0.1, 0.15) is 5.82 Å². The van der Waals surface area contributed by atoms with Crippen molar-refractivity contribution in [3.8, 4) is 0 Å². The number of rotatable bonds is 2. The number of amides is 3. The lowest BCUT2D eigenvalue weighted by Gasteiger charge is -2.47. The van der Waals surface area contributed by atoms with Gasteiger partial charge in [-0.1, -0.05) is 23.2 Å². The molecule has 2 aromatic rings. The summed E-state index contributed by atoms with van der Waals surface area (Å²) < 4.78 is 0. The van der Waals surface area contributed by atoms with E-state index in [0.29, 0.717) is 21.3 Å². The molecule has 1 unspecified atom stereocenters. The highest BCUT2D eigenvalue weighted by molar-refractivity contribution is 6.32. The van der Waals surface area contributed by atoms with Crippen LogP contribution in [0.1, 0.15) is 23.2 Å². The minimum atomic E-state index is -1.49. The first-order chi connectivity index (χ1) is 12.8. The Kier molecular flexibility index (Phi) is 4.09. The van der Waals surface area contributed by atoms with Crippen LogP contribution in [-0.4, -0.2) is 40.3 Å². The summed E-state index contributed by atoms with van der Waals surface area (Å²) in [6.45, 7) is 0. The third-order valence-electron chi connectivity index (χ3n) is 4.92. The monoisotopic (exact) mass is 404 g/mol. The Morgan fingerprint density at radius 3 is 2.67 bits per heavy atom. The molecule has 4 rings (SSSR count). The number of fused-ring (bicyclic) bond motifs is 3. The van der Waals surface area contributed by atoms with Crippen LogP contribution in [0.2, 0.25) is 10.0 Å². The number of benzene rings is 1. The first kappa shape index (κ1) is 17.8. The minimum Gasteiger partial charge on any atom is -0.310 e. The van der Waals surface area contributed by atoms with Gasteiger partial charge in [-0.2, -0.15) is 0 Å². The van der Waals surface area contributed by atoms with Crippen molar-refractivity contribution in [3.63, 3.8) is 0 Å². The average Bonchev–Trinajstić information content (AvgIpc) is 2.98. The van der Waals surface area contributed by atoms with Gasteiger partial charge in [-0.15, -0.1) is 0 Å². The molecule has 1 N–H and O–H groups in total. The van der Waals surface area contributed by atoms with E-state index in [2.05, 4.69) is 10.3 Å². The lowest BCUT2D eigenvalue weighted by molar-refractivity contribution is -0.128. The largest absolute Gasteiger partial charge is 0.310 e. The number of nitrogens with zero attached hydrogens (tertiary/aromatic N) is 3. The lowest BCUT2D eigenvalue weighted by atomic mass is 9.96. The van der Waals surface area contributed by atoms with E-state index in [1.165, 1.54) is 35.2 Å². The topological polar surface area (TPSA) is 82.6 Å². The summed E-state index contributed by atoms with van der Waals surface area (Å²) in [4.78, 5) is 45.6. The highest BCUT2D eigenvalue weighted by atomic mass is 35.5. The molecule has 1 atom stereocenters. The second kappa shape index (κ2) is 6.21. The molecular weight excluding hydrogens is 391 g/mol. The van der Waals surface area contributed by atoms with Crippen LogP contribution in [0.25, 0.3) is 0 Å². The summed E-state index contributed by atoms with van der Waals surface area (Å²) in [6, 6.07) is 7.74. The van der Waals surface area contributed by atoms with E-state index in [1.807, 2.05) is 0 Å². The fourth-order valence-electron chi connectivity index (χ4n) is 3.64. The van der Waals surface area contributed by atoms with Crippen LogP contribution >= 0.6 is 23.2 Å². The zero-order valence-electron chi connectivity index (χ0n) is 14.2. The number of likely N-dealkylation sites (N-methyl/N-ethyl adjacent to an activating group) is 1. The molecule has 2 aliphatic heterocycles. The number of carbonyl (C=O) groups is 3. The van der Waals surface area contributed by atoms with Gasteiger partial charge in [-0.25, -0.2) is 4.98 Å². The summed E-state index contributed by atoms with van der Waals surface area (Å²) in [5.41, 5.74) is -0.834. The number of anilines is 2. The normalized spacial score (nSPS) is 21.1. The lowest BCUT2D eigenvalue weighted by Crippen LogP contribution is -2.68. The maximum absolute atomic E-state index is 13.3. The van der Waals surface area contributed by atoms with Crippen LogP contribution in [0, 0.1) is 0 Å². The molecule has 0 bridgehead atoms. The third-order valence-corrected chi connectivity index (χ3v) is 5.39. The van der Waals surface area contributed by atoms with Gasteiger partial charge in [0.15, 0.2) is 0 Å². The second-order valence-corrected chi connectivity index (χ2v) is 7.26. The summed E-state index contributed by atoms with van der Waals surface area (Å²) >= 11 is 12.0. The molecule has 1 saturated heterocycles. The van der Waals surface area contributed by atoms with Gasteiger partial charge >= 0.3 is 0 Å². The van der Waals surface area contributed by atoms with Gasteiger partial charge in [0.25, 0.3) is 11.8 Å². The fourth-order valence-corrected chi connectivity index (χ4v) is 3.96. The van der Waals surface area contributed by atoms with Crippen molar-refractivity contribution in [2.45, 2.75) is 18.5 Å². The van der Waals surface area contributed by atoms with Crippen molar-refractivity contribution in [1.29, 1.82) is 0 Å². The number of pyridine rings is 1. The van der Waals surface area contributed by atoms with Crippen molar-refractivity contribution in [2.75, 3.05) is 17.3 Å². The molecular formula is C18H14Cl2N4O3. The van der Waals surface area contributed by atoms with E-state index in [0.717, 1.165) is 0 Å². The molecule has 1 fully saturated rings. The fraction of sp³-hybridized carbons (Fsp3) is 0.222. The molecule has 1 aromatic carbocycles. The Hall–Kier alpha value is -2.64. The number of carbonyl (C=O) groups excluding carboxylic acids is 3. The zero-order chi connectivity index (χ0) is 19.3. The van der Waals surface area contributed by atoms with Crippen LogP contribution in [0.4, 0.5) is 11.5 Å². The molecule has 3 heterocycles. The molecule has 0 saturated carbocycles. The first-order valence-corrected chi connectivity index (χ1v) is 8.94. The van der Waals surface area contributed by atoms with Gasteiger partial charge in [0.2, 0.25) is 11.6 Å². The Labute approximate surface area is 164 Å². The number of hydrogen-bond acceptors (Lipinski definition) is 4. The van der Waals surface area contributed by atoms with Gasteiger partial charge in [0.05, 0.1) is 11.3 Å². The molecule has 27 heavy (non-hydrogen) atoms. The van der Waals surface area contributed by atoms with Crippen molar-refractivity contribution in [1.82, 2.24) is 9.88 Å². The van der Waals surface area contributed by atoms with Crippen molar-refractivity contribution < 1.29 is 14.4 Å². The van der Waals surface area contributed by atoms with Crippen LogP contribution < -0.4 is 10.2 Å². The Morgan fingerprint density at radius 2 is 1.93 bits per heavy atom. The molecule has 138 valence electrons. The first-order valence-electron chi connectivity index (χ1n) is 8.18. The third kappa shape index (κ3) is 2.57. The molecule has 9 heteroatoms. The molecule has 3 amide bonds. The van der Waals surface area contributed by atoms with Gasteiger partial charge in [0, 0.05) is 36.1 Å². The smallest absolute Gasteiger partial charge is 0.272 e. The van der Waals surface area contributed by atoms with Gasteiger partial charge in [-0.3, -0.25) is 19.3 Å². The highest BCUT2D eigenvalue weighted by Gasteiger charge is 2.59. The quantitative estimate of drug-likeness (QED) is 0.833. The Morgan fingerprint density at radius 1 is 1.19 bits per heavy atom. The molecule has 2 aliphatic rings. The molecule has 0 aliphatic carbocycles. The standard InChI is InChI=1S/C18H14Cl2N4O3/c1-23-16(26)12-3-2-10(19)8-13(12)24-15(25)4-6-18(23,24)17(27)22-14-9-11(20)5-7-21-14/h2-3,5,7-9H,4,6H2,1H3,(H,21,22,27). The number of nitrogens with one attached hydrogen (secondary N) is 1. The summed E-state index contributed by atoms with van der Waals surface area (Å²) in [7, 11) is 1.51. The molecule has 1 aromatic heterocycles. The van der Waals surface area contributed by atoms with Gasteiger partial charge < -0.3 is 10.2 Å². The molecule has 7 nitrogen and oxygen atoms in total. The van der Waals surface area contributed by atoms with Crippen LogP contribution in [0.5, 0.6) is 0 Å². The van der Waals surface area contributed by atoms with E-state index in [1.54, 1.807) is 18.2 Å². The Bertz CT molecular complexity index is 996. The molecule has 0 spiro atoms. The van der Waals surface area contributed by atoms with Crippen LogP contribution in [0.15, 0.2) is 36.5 Å². The molecule has 0 radical (unpaired) electrons. The van der Waals surface area contributed by atoms with E-state index in [9.17, 15) is 14.4 Å². The Balaban J connectivity index is 1.83. The van der Waals surface area contributed by atoms with E-state index in [-0.39, 0.29) is 30.5 Å². The van der Waals surface area contributed by atoms with E-state index < -0.39 is 11.6 Å². The summed E-state index contributed by atoms with van der Waals surface area (Å²) in [5, 5.41) is 3.45. The highest BCUT2D eigenvalue weighted by Crippen LogP contribution is 2.45. The maximum atomic E-state index is 13.3. The van der Waals surface area contributed by atoms with Crippen molar-refractivity contribution in [2.24, 2.45) is 0 Å².